The highest BCUT2D eigenvalue weighted by atomic mass is 16.6. The highest BCUT2D eigenvalue weighted by Gasteiger charge is 2.55. The third-order valence-corrected chi connectivity index (χ3v) is 3.88. The third-order valence-electron chi connectivity index (χ3n) is 3.88. The Bertz CT molecular complexity index is 333. The number of esters is 1. The van der Waals surface area contributed by atoms with Crippen molar-refractivity contribution in [3.8, 4) is 0 Å². The smallest absolute Gasteiger partial charge is 0.326 e. The molecule has 2 rings (SSSR count). The maximum Gasteiger partial charge on any atom is 0.326 e. The first-order valence-corrected chi connectivity index (χ1v) is 6.12. The molecular formula is C11H18N2O4. The number of hydrogen-bond acceptors (Lipinski definition) is 5. The zero-order chi connectivity index (χ0) is 12.5. The summed E-state index contributed by atoms with van der Waals surface area (Å²) >= 11 is 0. The van der Waals surface area contributed by atoms with Gasteiger partial charge in [0.1, 0.15) is 5.54 Å². The van der Waals surface area contributed by atoms with Gasteiger partial charge in [0.25, 0.3) is 0 Å². The average Bonchev–Trinajstić information content (AvgIpc) is 2.87. The fourth-order valence-electron chi connectivity index (χ4n) is 3.11. The molecule has 17 heavy (non-hydrogen) atoms. The number of piperidine rings is 1. The third kappa shape index (κ3) is 2.13. The summed E-state index contributed by atoms with van der Waals surface area (Å²) in [5.74, 6) is 0.232. The number of carbonyl (C=O) groups is 1. The van der Waals surface area contributed by atoms with Gasteiger partial charge in [0.05, 0.1) is 6.61 Å². The molecule has 0 aliphatic carbocycles. The van der Waals surface area contributed by atoms with Crippen LogP contribution in [0.1, 0.15) is 26.2 Å². The molecule has 0 aromatic heterocycles. The first kappa shape index (κ1) is 12.3. The summed E-state index contributed by atoms with van der Waals surface area (Å²) in [7, 11) is 0. The summed E-state index contributed by atoms with van der Waals surface area (Å²) < 4.78 is 5.11. The van der Waals surface area contributed by atoms with Gasteiger partial charge in [-0.15, -0.1) is 0 Å². The summed E-state index contributed by atoms with van der Waals surface area (Å²) in [5, 5.41) is 10.5. The van der Waals surface area contributed by atoms with Crippen LogP contribution in [0.2, 0.25) is 0 Å². The topological polar surface area (TPSA) is 72.7 Å². The molecule has 2 saturated heterocycles. The lowest BCUT2D eigenvalue weighted by atomic mass is 9.85. The minimum absolute atomic E-state index is 0.165. The summed E-state index contributed by atoms with van der Waals surface area (Å²) in [6, 6.07) is 0. The Morgan fingerprint density at radius 3 is 2.88 bits per heavy atom. The Morgan fingerprint density at radius 2 is 2.41 bits per heavy atom. The Labute approximate surface area is 100 Å². The van der Waals surface area contributed by atoms with Gasteiger partial charge in [-0.2, -0.15) is 0 Å². The van der Waals surface area contributed by atoms with Gasteiger partial charge in [-0.25, -0.2) is 0 Å². The molecule has 2 bridgehead atoms. The van der Waals surface area contributed by atoms with Crippen LogP contribution in [0.25, 0.3) is 0 Å². The Hall–Kier alpha value is -1.17. The summed E-state index contributed by atoms with van der Waals surface area (Å²) in [6.07, 6.45) is 2.09. The SMILES string of the molecule is CCOC(=O)C1(CC[N+](=O)[O-])CC2CCN1C2. The molecular weight excluding hydrogens is 224 g/mol. The van der Waals surface area contributed by atoms with E-state index in [1.807, 2.05) is 0 Å². The molecule has 2 aliphatic rings. The summed E-state index contributed by atoms with van der Waals surface area (Å²) in [4.78, 5) is 24.3. The zero-order valence-electron chi connectivity index (χ0n) is 10.1. The second-order valence-electron chi connectivity index (χ2n) is 4.86. The van der Waals surface area contributed by atoms with Crippen molar-refractivity contribution >= 4 is 5.97 Å². The highest BCUT2D eigenvalue weighted by molar-refractivity contribution is 5.81. The molecule has 3 unspecified atom stereocenters. The molecule has 0 aromatic carbocycles. The van der Waals surface area contributed by atoms with E-state index in [0.717, 1.165) is 25.9 Å². The van der Waals surface area contributed by atoms with Crippen LogP contribution in [-0.2, 0) is 9.53 Å². The lowest BCUT2D eigenvalue weighted by Gasteiger charge is -2.36. The van der Waals surface area contributed by atoms with E-state index in [4.69, 9.17) is 4.74 Å². The second-order valence-corrected chi connectivity index (χ2v) is 4.86. The first-order valence-electron chi connectivity index (χ1n) is 6.12. The maximum absolute atomic E-state index is 12.1. The van der Waals surface area contributed by atoms with E-state index in [9.17, 15) is 14.9 Å². The van der Waals surface area contributed by atoms with Crippen LogP contribution in [0.4, 0.5) is 0 Å². The van der Waals surface area contributed by atoms with E-state index < -0.39 is 5.54 Å². The van der Waals surface area contributed by atoms with Crippen molar-refractivity contribution in [3.63, 3.8) is 0 Å². The number of nitro groups is 1. The lowest BCUT2D eigenvalue weighted by Crippen LogP contribution is -2.53. The number of nitrogens with zero attached hydrogens (tertiary/aromatic N) is 2. The maximum atomic E-state index is 12.1. The normalized spacial score (nSPS) is 34.9. The van der Waals surface area contributed by atoms with Crippen LogP contribution in [0.15, 0.2) is 0 Å². The minimum atomic E-state index is -0.716. The van der Waals surface area contributed by atoms with E-state index in [1.54, 1.807) is 6.92 Å². The van der Waals surface area contributed by atoms with Crippen molar-refractivity contribution in [1.82, 2.24) is 4.90 Å². The number of rotatable bonds is 5. The molecule has 0 N–H and O–H groups in total. The van der Waals surface area contributed by atoms with Crippen molar-refractivity contribution in [2.45, 2.75) is 31.7 Å². The molecule has 0 saturated carbocycles. The van der Waals surface area contributed by atoms with Gasteiger partial charge < -0.3 is 4.74 Å². The molecule has 0 aromatic rings. The molecule has 2 fully saturated rings. The monoisotopic (exact) mass is 242 g/mol. The summed E-state index contributed by atoms with van der Waals surface area (Å²) in [5.41, 5.74) is -0.716. The molecule has 2 aliphatic heterocycles. The Morgan fingerprint density at radius 1 is 1.65 bits per heavy atom. The quantitative estimate of drug-likeness (QED) is 0.402. The van der Waals surface area contributed by atoms with Crippen LogP contribution in [0.5, 0.6) is 0 Å². The zero-order valence-corrected chi connectivity index (χ0v) is 10.1. The van der Waals surface area contributed by atoms with Crippen LogP contribution in [0, 0.1) is 16.0 Å². The van der Waals surface area contributed by atoms with Gasteiger partial charge >= 0.3 is 5.97 Å². The second kappa shape index (κ2) is 4.60. The Balaban J connectivity index is 2.12. The van der Waals surface area contributed by atoms with Crippen molar-refractivity contribution in [1.29, 1.82) is 0 Å². The van der Waals surface area contributed by atoms with Gasteiger partial charge in [-0.05, 0) is 32.2 Å². The van der Waals surface area contributed by atoms with Crippen LogP contribution in [-0.4, -0.2) is 47.6 Å². The fraction of sp³-hybridized carbons (Fsp3) is 0.909. The van der Waals surface area contributed by atoms with Gasteiger partial charge in [0.15, 0.2) is 0 Å². The van der Waals surface area contributed by atoms with Gasteiger partial charge in [-0.1, -0.05) is 0 Å². The van der Waals surface area contributed by atoms with Crippen molar-refractivity contribution in [2.24, 2.45) is 5.92 Å². The number of hydrogen-bond donors (Lipinski definition) is 0. The largest absolute Gasteiger partial charge is 0.465 e. The van der Waals surface area contributed by atoms with E-state index in [0.29, 0.717) is 12.5 Å². The molecule has 6 heteroatoms. The van der Waals surface area contributed by atoms with Gasteiger partial charge in [0.2, 0.25) is 6.54 Å². The van der Waals surface area contributed by atoms with E-state index >= 15 is 0 Å². The number of ether oxygens (including phenoxy) is 1. The molecule has 96 valence electrons. The molecule has 6 nitrogen and oxygen atoms in total. The van der Waals surface area contributed by atoms with Crippen molar-refractivity contribution in [2.75, 3.05) is 26.2 Å². The molecule has 0 radical (unpaired) electrons. The highest BCUT2D eigenvalue weighted by Crippen LogP contribution is 2.43. The fourth-order valence-corrected chi connectivity index (χ4v) is 3.11. The lowest BCUT2D eigenvalue weighted by molar-refractivity contribution is -0.482. The van der Waals surface area contributed by atoms with E-state index in [1.165, 1.54) is 0 Å². The van der Waals surface area contributed by atoms with Crippen LogP contribution >= 0.6 is 0 Å². The molecule has 0 amide bonds. The van der Waals surface area contributed by atoms with Gasteiger partial charge in [0, 0.05) is 17.9 Å². The Kier molecular flexibility index (Phi) is 3.33. The predicted octanol–water partition coefficient (Wildman–Crippen LogP) is 0.681. The van der Waals surface area contributed by atoms with Crippen molar-refractivity contribution in [3.05, 3.63) is 10.1 Å². The minimum Gasteiger partial charge on any atom is -0.465 e. The average molecular weight is 242 g/mol. The molecule has 3 atom stereocenters. The van der Waals surface area contributed by atoms with Gasteiger partial charge in [-0.3, -0.25) is 19.8 Å². The van der Waals surface area contributed by atoms with Crippen LogP contribution in [0.3, 0.4) is 0 Å². The van der Waals surface area contributed by atoms with E-state index in [2.05, 4.69) is 4.90 Å². The summed E-state index contributed by atoms with van der Waals surface area (Å²) in [6.45, 7) is 3.68. The number of carbonyl (C=O) groups excluding carboxylic acids is 1. The molecule has 2 heterocycles. The predicted molar refractivity (Wildman–Crippen MR) is 60.1 cm³/mol. The first-order chi connectivity index (χ1) is 8.08. The standard InChI is InChI=1S/C11H18N2O4/c1-2-17-10(14)11(4-6-13(15)16)7-9-3-5-12(11)8-9/h9H,2-8H2,1H3. The van der Waals surface area contributed by atoms with Crippen molar-refractivity contribution < 1.29 is 14.5 Å². The van der Waals surface area contributed by atoms with Crippen LogP contribution < -0.4 is 0 Å². The number of fused-ring (bicyclic) bond motifs is 2. The van der Waals surface area contributed by atoms with E-state index in [-0.39, 0.29) is 23.9 Å². The molecule has 0 spiro atoms.